The van der Waals surface area contributed by atoms with E-state index in [0.29, 0.717) is 11.3 Å². The Kier molecular flexibility index (Phi) is 4.56. The summed E-state index contributed by atoms with van der Waals surface area (Å²) in [5.74, 6) is 0.603. The summed E-state index contributed by atoms with van der Waals surface area (Å²) >= 11 is 0. The van der Waals surface area contributed by atoms with E-state index in [2.05, 4.69) is 6.07 Å². The molecule has 0 spiro atoms. The molecule has 3 nitrogen and oxygen atoms in total. The van der Waals surface area contributed by atoms with Gasteiger partial charge in [0, 0.05) is 21.8 Å². The second-order valence-electron chi connectivity index (χ2n) is 6.97. The summed E-state index contributed by atoms with van der Waals surface area (Å²) in [6, 6.07) is 19.2. The lowest BCUT2D eigenvalue weighted by atomic mass is 9.92. The van der Waals surface area contributed by atoms with Gasteiger partial charge in [-0.1, -0.05) is 59.7 Å². The standard InChI is InChI=1S/C23H19ClO3S/c1-14-4-8-18-16(12-14)6-10-20(27-3)22(18)23-19-9-5-15(2)13-17(19)7-11-21(23)28(24,25)26/h4-13H,1-3H3. The van der Waals surface area contributed by atoms with Gasteiger partial charge in [-0.15, -0.1) is 0 Å². The lowest BCUT2D eigenvalue weighted by Gasteiger charge is -2.17. The number of halogens is 1. The van der Waals surface area contributed by atoms with Crippen molar-refractivity contribution in [2.75, 3.05) is 7.11 Å². The van der Waals surface area contributed by atoms with Crippen molar-refractivity contribution in [3.05, 3.63) is 71.8 Å². The summed E-state index contributed by atoms with van der Waals surface area (Å²) in [6.45, 7) is 4.03. The zero-order chi connectivity index (χ0) is 20.1. The zero-order valence-electron chi connectivity index (χ0n) is 15.8. The predicted octanol–water partition coefficient (Wildman–Crippen LogP) is 6.21. The number of aryl methyl sites for hydroxylation is 2. The molecule has 0 aromatic heterocycles. The maximum Gasteiger partial charge on any atom is 0.261 e. The van der Waals surface area contributed by atoms with Gasteiger partial charge in [0.05, 0.1) is 12.0 Å². The molecule has 0 aliphatic rings. The first-order chi connectivity index (χ1) is 13.3. The molecule has 0 bridgehead atoms. The van der Waals surface area contributed by atoms with E-state index in [1.807, 2.05) is 56.3 Å². The zero-order valence-corrected chi connectivity index (χ0v) is 17.4. The average Bonchev–Trinajstić information content (AvgIpc) is 2.65. The van der Waals surface area contributed by atoms with Crippen LogP contribution in [0.2, 0.25) is 0 Å². The molecule has 0 radical (unpaired) electrons. The van der Waals surface area contributed by atoms with Crippen LogP contribution in [0.5, 0.6) is 5.75 Å². The Labute approximate surface area is 168 Å². The smallest absolute Gasteiger partial charge is 0.261 e. The van der Waals surface area contributed by atoms with Crippen LogP contribution in [0, 0.1) is 13.8 Å². The molecular formula is C23H19ClO3S. The Hall–Kier alpha value is -2.56. The van der Waals surface area contributed by atoms with Crippen LogP contribution in [0.25, 0.3) is 32.7 Å². The number of ether oxygens (including phenoxy) is 1. The summed E-state index contributed by atoms with van der Waals surface area (Å²) < 4.78 is 30.5. The van der Waals surface area contributed by atoms with Crippen molar-refractivity contribution in [2.45, 2.75) is 18.7 Å². The average molecular weight is 411 g/mol. The monoisotopic (exact) mass is 410 g/mol. The molecule has 0 heterocycles. The van der Waals surface area contributed by atoms with Crippen LogP contribution < -0.4 is 4.74 Å². The molecule has 0 saturated heterocycles. The van der Waals surface area contributed by atoms with Gasteiger partial charge >= 0.3 is 0 Å². The van der Waals surface area contributed by atoms with Crippen molar-refractivity contribution in [3.63, 3.8) is 0 Å². The molecule has 0 aliphatic carbocycles. The number of rotatable bonds is 3. The Morgan fingerprint density at radius 2 is 1.29 bits per heavy atom. The fourth-order valence-electron chi connectivity index (χ4n) is 3.75. The van der Waals surface area contributed by atoms with E-state index in [-0.39, 0.29) is 4.90 Å². The van der Waals surface area contributed by atoms with Crippen LogP contribution in [-0.4, -0.2) is 15.5 Å². The maximum atomic E-state index is 12.5. The topological polar surface area (TPSA) is 43.4 Å². The van der Waals surface area contributed by atoms with Crippen molar-refractivity contribution in [3.8, 4) is 16.9 Å². The number of hydrogen-bond donors (Lipinski definition) is 0. The van der Waals surface area contributed by atoms with Gasteiger partial charge in [-0.3, -0.25) is 0 Å². The van der Waals surface area contributed by atoms with E-state index in [4.69, 9.17) is 15.4 Å². The van der Waals surface area contributed by atoms with E-state index in [9.17, 15) is 8.42 Å². The molecule has 0 saturated carbocycles. The lowest BCUT2D eigenvalue weighted by Crippen LogP contribution is -1.99. The van der Waals surface area contributed by atoms with Crippen LogP contribution in [0.4, 0.5) is 0 Å². The molecule has 142 valence electrons. The lowest BCUT2D eigenvalue weighted by molar-refractivity contribution is 0.417. The quantitative estimate of drug-likeness (QED) is 0.377. The number of benzene rings is 4. The fraction of sp³-hybridized carbons (Fsp3) is 0.130. The molecule has 0 atom stereocenters. The largest absolute Gasteiger partial charge is 0.496 e. The molecule has 0 unspecified atom stereocenters. The van der Waals surface area contributed by atoms with Crippen LogP contribution in [0.3, 0.4) is 0 Å². The van der Waals surface area contributed by atoms with Gasteiger partial charge in [-0.05, 0) is 47.5 Å². The highest BCUT2D eigenvalue weighted by molar-refractivity contribution is 8.13. The van der Waals surface area contributed by atoms with Gasteiger partial charge in [0.1, 0.15) is 5.75 Å². The van der Waals surface area contributed by atoms with Crippen molar-refractivity contribution in [1.82, 2.24) is 0 Å². The van der Waals surface area contributed by atoms with Crippen LogP contribution in [0.15, 0.2) is 65.6 Å². The second kappa shape index (κ2) is 6.80. The summed E-state index contributed by atoms with van der Waals surface area (Å²) in [5.41, 5.74) is 3.52. The highest BCUT2D eigenvalue weighted by atomic mass is 35.7. The fourth-order valence-corrected chi connectivity index (χ4v) is 4.82. The SMILES string of the molecule is COc1ccc2cc(C)ccc2c1-c1c(S(=O)(=O)Cl)ccc2cc(C)ccc12. The first-order valence-electron chi connectivity index (χ1n) is 8.85. The third kappa shape index (κ3) is 3.13. The van der Waals surface area contributed by atoms with E-state index < -0.39 is 9.05 Å². The van der Waals surface area contributed by atoms with E-state index >= 15 is 0 Å². The Morgan fingerprint density at radius 1 is 0.750 bits per heavy atom. The molecule has 4 aromatic carbocycles. The number of fused-ring (bicyclic) bond motifs is 2. The Balaban J connectivity index is 2.26. The van der Waals surface area contributed by atoms with E-state index in [1.165, 1.54) is 0 Å². The van der Waals surface area contributed by atoms with E-state index in [1.54, 1.807) is 19.2 Å². The van der Waals surface area contributed by atoms with Gasteiger partial charge in [0.15, 0.2) is 0 Å². The van der Waals surface area contributed by atoms with Crippen LogP contribution >= 0.6 is 10.7 Å². The third-order valence-electron chi connectivity index (χ3n) is 5.01. The van der Waals surface area contributed by atoms with Crippen molar-refractivity contribution >= 4 is 41.3 Å². The third-order valence-corrected chi connectivity index (χ3v) is 6.37. The van der Waals surface area contributed by atoms with Gasteiger partial charge in [0.25, 0.3) is 9.05 Å². The molecule has 0 fully saturated rings. The molecule has 28 heavy (non-hydrogen) atoms. The maximum absolute atomic E-state index is 12.5. The van der Waals surface area contributed by atoms with Crippen molar-refractivity contribution in [2.24, 2.45) is 0 Å². The minimum atomic E-state index is -3.97. The normalized spacial score (nSPS) is 11.9. The summed E-state index contributed by atoms with van der Waals surface area (Å²) in [4.78, 5) is 0.0805. The highest BCUT2D eigenvalue weighted by Crippen LogP contribution is 2.44. The van der Waals surface area contributed by atoms with Gasteiger partial charge < -0.3 is 4.74 Å². The summed E-state index contributed by atoms with van der Waals surface area (Å²) in [5, 5.41) is 3.70. The van der Waals surface area contributed by atoms with Gasteiger partial charge in [-0.2, -0.15) is 0 Å². The van der Waals surface area contributed by atoms with Crippen LogP contribution in [-0.2, 0) is 9.05 Å². The van der Waals surface area contributed by atoms with Crippen LogP contribution in [0.1, 0.15) is 11.1 Å². The predicted molar refractivity (Wildman–Crippen MR) is 116 cm³/mol. The summed E-state index contributed by atoms with van der Waals surface area (Å²) in [7, 11) is 3.47. The van der Waals surface area contributed by atoms with Gasteiger partial charge in [0.2, 0.25) is 0 Å². The molecule has 5 heteroatoms. The highest BCUT2D eigenvalue weighted by Gasteiger charge is 2.23. The Bertz CT molecular complexity index is 1340. The molecular weight excluding hydrogens is 392 g/mol. The minimum Gasteiger partial charge on any atom is -0.496 e. The number of methoxy groups -OCH3 is 1. The molecule has 0 aliphatic heterocycles. The van der Waals surface area contributed by atoms with Gasteiger partial charge in [-0.25, -0.2) is 8.42 Å². The minimum absolute atomic E-state index is 0.0805. The molecule has 4 aromatic rings. The molecule has 0 amide bonds. The number of hydrogen-bond acceptors (Lipinski definition) is 3. The van der Waals surface area contributed by atoms with Crippen molar-refractivity contribution in [1.29, 1.82) is 0 Å². The van der Waals surface area contributed by atoms with E-state index in [0.717, 1.165) is 38.2 Å². The second-order valence-corrected chi connectivity index (χ2v) is 9.50. The first kappa shape index (κ1) is 18.8. The van der Waals surface area contributed by atoms with Crippen molar-refractivity contribution < 1.29 is 13.2 Å². The molecule has 4 rings (SSSR count). The summed E-state index contributed by atoms with van der Waals surface area (Å²) in [6.07, 6.45) is 0. The first-order valence-corrected chi connectivity index (χ1v) is 11.2. The Morgan fingerprint density at radius 3 is 1.82 bits per heavy atom. The molecule has 0 N–H and O–H groups in total.